The Morgan fingerprint density at radius 3 is 1.29 bits per heavy atom. The molecule has 2 nitrogen and oxygen atoms in total. The van der Waals surface area contributed by atoms with Gasteiger partial charge in [0, 0.05) is 11.8 Å². The summed E-state index contributed by atoms with van der Waals surface area (Å²) in [5.74, 6) is -0.605. The molecule has 0 bridgehead atoms. The molecule has 0 saturated carbocycles. The van der Waals surface area contributed by atoms with Crippen LogP contribution in [0.3, 0.4) is 0 Å². The van der Waals surface area contributed by atoms with Crippen LogP contribution in [0.1, 0.15) is 24.0 Å². The molecule has 0 aromatic heterocycles. The van der Waals surface area contributed by atoms with Gasteiger partial charge in [-0.3, -0.25) is 9.59 Å². The van der Waals surface area contributed by atoms with Gasteiger partial charge in [0.15, 0.2) is 0 Å². The van der Waals surface area contributed by atoms with Gasteiger partial charge in [0.05, 0.1) is 0 Å². The summed E-state index contributed by atoms with van der Waals surface area (Å²) in [7, 11) is 0. The zero-order valence-corrected chi connectivity index (χ0v) is 14.8. The molecule has 0 N–H and O–H groups in total. The summed E-state index contributed by atoms with van der Waals surface area (Å²) >= 11 is 11.5. The van der Waals surface area contributed by atoms with Crippen molar-refractivity contribution >= 4 is 33.7 Å². The highest BCUT2D eigenvalue weighted by Gasteiger charge is 2.22. The van der Waals surface area contributed by atoms with Crippen LogP contribution in [0.2, 0.25) is 0 Å². The standard InChI is InChI=1S/C20H20Cl2O2/c21-19(23)17(13-15-7-3-1-4-8-15)11-12-18(20(22)24)14-16-9-5-2-6-10-16/h1-10,17-18H,11-14H2. The Kier molecular flexibility index (Phi) is 7.48. The van der Waals surface area contributed by atoms with Crippen LogP contribution in [0.4, 0.5) is 0 Å². The van der Waals surface area contributed by atoms with E-state index in [-0.39, 0.29) is 22.3 Å². The third kappa shape index (κ3) is 6.10. The molecule has 0 saturated heterocycles. The smallest absolute Gasteiger partial charge is 0.225 e. The largest absolute Gasteiger partial charge is 0.281 e. The van der Waals surface area contributed by atoms with Gasteiger partial charge in [0.25, 0.3) is 0 Å². The van der Waals surface area contributed by atoms with Crippen LogP contribution in [0.25, 0.3) is 0 Å². The number of hydrogen-bond acceptors (Lipinski definition) is 2. The first-order valence-corrected chi connectivity index (χ1v) is 8.78. The third-order valence-electron chi connectivity index (χ3n) is 4.16. The van der Waals surface area contributed by atoms with Crippen molar-refractivity contribution in [3.8, 4) is 0 Å². The maximum absolute atomic E-state index is 11.7. The predicted molar refractivity (Wildman–Crippen MR) is 98.2 cm³/mol. The van der Waals surface area contributed by atoms with E-state index >= 15 is 0 Å². The summed E-state index contributed by atoms with van der Waals surface area (Å²) in [5.41, 5.74) is 2.13. The molecule has 4 heteroatoms. The molecular weight excluding hydrogens is 343 g/mol. The van der Waals surface area contributed by atoms with E-state index in [1.165, 1.54) is 0 Å². The lowest BCUT2D eigenvalue weighted by molar-refractivity contribution is -0.117. The first kappa shape index (κ1) is 18.7. The van der Waals surface area contributed by atoms with Gasteiger partial charge < -0.3 is 0 Å². The molecule has 24 heavy (non-hydrogen) atoms. The second-order valence-corrected chi connectivity index (χ2v) is 6.70. The van der Waals surface area contributed by atoms with Crippen molar-refractivity contribution < 1.29 is 9.59 Å². The van der Waals surface area contributed by atoms with Crippen LogP contribution in [-0.2, 0) is 22.4 Å². The van der Waals surface area contributed by atoms with Crippen LogP contribution in [0, 0.1) is 11.8 Å². The Morgan fingerprint density at radius 1 is 0.667 bits per heavy atom. The Bertz CT molecular complexity index is 596. The Balaban J connectivity index is 1.97. The van der Waals surface area contributed by atoms with Crippen molar-refractivity contribution in [3.05, 3.63) is 71.8 Å². The summed E-state index contributed by atoms with van der Waals surface area (Å²) in [4.78, 5) is 23.5. The summed E-state index contributed by atoms with van der Waals surface area (Å²) < 4.78 is 0. The van der Waals surface area contributed by atoms with Crippen molar-refractivity contribution in [3.63, 3.8) is 0 Å². The molecule has 0 aliphatic rings. The molecule has 0 aliphatic heterocycles. The summed E-state index contributed by atoms with van der Waals surface area (Å²) in [6.45, 7) is 0. The van der Waals surface area contributed by atoms with E-state index in [0.717, 1.165) is 11.1 Å². The van der Waals surface area contributed by atoms with Gasteiger partial charge >= 0.3 is 0 Å². The van der Waals surface area contributed by atoms with E-state index in [0.29, 0.717) is 25.7 Å². The number of carbonyl (C=O) groups is 2. The van der Waals surface area contributed by atoms with Crippen LogP contribution in [-0.4, -0.2) is 10.5 Å². The predicted octanol–water partition coefficient (Wildman–Crippen LogP) is 5.02. The monoisotopic (exact) mass is 362 g/mol. The molecule has 0 fully saturated rings. The zero-order chi connectivity index (χ0) is 17.4. The fourth-order valence-corrected chi connectivity index (χ4v) is 3.16. The topological polar surface area (TPSA) is 34.1 Å². The van der Waals surface area contributed by atoms with Gasteiger partial charge in [-0.05, 0) is 60.0 Å². The Labute approximate surface area is 152 Å². The molecule has 2 atom stereocenters. The van der Waals surface area contributed by atoms with Crippen molar-refractivity contribution in [2.24, 2.45) is 11.8 Å². The SMILES string of the molecule is O=C(Cl)C(CCC(Cc1ccccc1)C(=O)Cl)Cc1ccccc1. The minimum atomic E-state index is -0.362. The molecule has 0 spiro atoms. The van der Waals surface area contributed by atoms with Crippen LogP contribution >= 0.6 is 23.2 Å². The highest BCUT2D eigenvalue weighted by Crippen LogP contribution is 2.23. The first-order valence-electron chi connectivity index (χ1n) is 8.03. The van der Waals surface area contributed by atoms with E-state index in [1.807, 2.05) is 60.7 Å². The summed E-state index contributed by atoms with van der Waals surface area (Å²) in [6.07, 6.45) is 2.26. The molecule has 0 aliphatic carbocycles. The molecular formula is C20H20Cl2O2. The van der Waals surface area contributed by atoms with E-state index in [2.05, 4.69) is 0 Å². The molecule has 0 radical (unpaired) electrons. The van der Waals surface area contributed by atoms with Gasteiger partial charge in [-0.2, -0.15) is 0 Å². The van der Waals surface area contributed by atoms with Gasteiger partial charge in [-0.25, -0.2) is 0 Å². The van der Waals surface area contributed by atoms with Gasteiger partial charge in [-0.15, -0.1) is 0 Å². The fraction of sp³-hybridized carbons (Fsp3) is 0.300. The molecule has 2 rings (SSSR count). The number of carbonyl (C=O) groups excluding carboxylic acids is 2. The lowest BCUT2D eigenvalue weighted by atomic mass is 9.89. The Morgan fingerprint density at radius 2 is 1.00 bits per heavy atom. The maximum atomic E-state index is 11.7. The average molecular weight is 363 g/mol. The van der Waals surface area contributed by atoms with Crippen molar-refractivity contribution in [2.45, 2.75) is 25.7 Å². The molecule has 0 heterocycles. The molecule has 2 aromatic carbocycles. The second kappa shape index (κ2) is 9.61. The molecule has 126 valence electrons. The van der Waals surface area contributed by atoms with E-state index in [4.69, 9.17) is 23.2 Å². The van der Waals surface area contributed by atoms with Crippen LogP contribution < -0.4 is 0 Å². The summed E-state index contributed by atoms with van der Waals surface area (Å²) in [5, 5.41) is -0.723. The molecule has 2 aromatic rings. The van der Waals surface area contributed by atoms with E-state index < -0.39 is 0 Å². The zero-order valence-electron chi connectivity index (χ0n) is 13.3. The number of benzene rings is 2. The molecule has 0 amide bonds. The maximum Gasteiger partial charge on any atom is 0.225 e. The molecule has 2 unspecified atom stereocenters. The average Bonchev–Trinajstić information content (AvgIpc) is 2.58. The number of halogens is 2. The minimum Gasteiger partial charge on any atom is -0.281 e. The second-order valence-electron chi connectivity index (χ2n) is 5.96. The van der Waals surface area contributed by atoms with Crippen molar-refractivity contribution in [1.82, 2.24) is 0 Å². The van der Waals surface area contributed by atoms with Crippen LogP contribution in [0.15, 0.2) is 60.7 Å². The first-order chi connectivity index (χ1) is 11.6. The van der Waals surface area contributed by atoms with E-state index in [1.54, 1.807) is 0 Å². The number of rotatable bonds is 9. The van der Waals surface area contributed by atoms with E-state index in [9.17, 15) is 9.59 Å². The third-order valence-corrected chi connectivity index (χ3v) is 4.77. The number of hydrogen-bond donors (Lipinski definition) is 0. The lowest BCUT2D eigenvalue weighted by Gasteiger charge is -2.17. The fourth-order valence-electron chi connectivity index (χ4n) is 2.79. The van der Waals surface area contributed by atoms with Crippen molar-refractivity contribution in [2.75, 3.05) is 0 Å². The Hall–Kier alpha value is -1.64. The van der Waals surface area contributed by atoms with Gasteiger partial charge in [0.1, 0.15) is 0 Å². The normalized spacial score (nSPS) is 13.2. The summed E-state index contributed by atoms with van der Waals surface area (Å²) in [6, 6.07) is 19.5. The van der Waals surface area contributed by atoms with Crippen molar-refractivity contribution in [1.29, 1.82) is 0 Å². The van der Waals surface area contributed by atoms with Crippen LogP contribution in [0.5, 0.6) is 0 Å². The highest BCUT2D eigenvalue weighted by atomic mass is 35.5. The highest BCUT2D eigenvalue weighted by molar-refractivity contribution is 6.64. The quantitative estimate of drug-likeness (QED) is 0.587. The lowest BCUT2D eigenvalue weighted by Crippen LogP contribution is -2.18. The minimum absolute atomic E-state index is 0.302. The van der Waals surface area contributed by atoms with Gasteiger partial charge in [-0.1, -0.05) is 60.7 Å². The van der Waals surface area contributed by atoms with Gasteiger partial charge in [0.2, 0.25) is 10.5 Å².